The van der Waals surface area contributed by atoms with Gasteiger partial charge in [-0.1, -0.05) is 0 Å². The summed E-state index contributed by atoms with van der Waals surface area (Å²) in [5, 5.41) is 26.9. The van der Waals surface area contributed by atoms with E-state index in [9.17, 15) is 23.5 Å². The minimum Gasteiger partial charge on any atom is -0.479 e. The molecule has 1 aromatic rings. The van der Waals surface area contributed by atoms with Gasteiger partial charge in [-0.25, -0.2) is 4.79 Å². The van der Waals surface area contributed by atoms with Crippen LogP contribution in [-0.2, 0) is 4.79 Å². The van der Waals surface area contributed by atoms with Crippen LogP contribution in [0.15, 0.2) is 12.1 Å². The molecule has 0 amide bonds. The Kier molecular flexibility index (Phi) is 4.50. The Labute approximate surface area is 105 Å². The van der Waals surface area contributed by atoms with Crippen molar-refractivity contribution in [3.63, 3.8) is 0 Å². The second-order valence-electron chi connectivity index (χ2n) is 3.32. The molecule has 0 radical (unpaired) electrons. The van der Waals surface area contributed by atoms with E-state index < -0.39 is 41.1 Å². The SMILES string of the molecule is N#Cc1cc(OC(F)F)cc(C=O)c1C(O)C(=O)O. The number of carboxylic acid groups (broad SMARTS) is 1. The van der Waals surface area contributed by atoms with Crippen LogP contribution in [0.1, 0.15) is 27.6 Å². The lowest BCUT2D eigenvalue weighted by molar-refractivity contribution is -0.147. The number of carboxylic acids is 1. The van der Waals surface area contributed by atoms with Gasteiger partial charge in [0.05, 0.1) is 11.6 Å². The summed E-state index contributed by atoms with van der Waals surface area (Å²) in [6.45, 7) is -3.17. The van der Waals surface area contributed by atoms with Crippen LogP contribution in [0.5, 0.6) is 5.75 Å². The number of aliphatic hydroxyl groups excluding tert-OH is 1. The van der Waals surface area contributed by atoms with Gasteiger partial charge in [0.2, 0.25) is 0 Å². The first-order valence-electron chi connectivity index (χ1n) is 4.79. The van der Waals surface area contributed by atoms with Crippen LogP contribution in [0, 0.1) is 11.3 Å². The topological polar surface area (TPSA) is 108 Å². The molecule has 6 nitrogen and oxygen atoms in total. The molecule has 0 saturated heterocycles. The zero-order valence-corrected chi connectivity index (χ0v) is 9.21. The maximum Gasteiger partial charge on any atom is 0.387 e. The fourth-order valence-corrected chi connectivity index (χ4v) is 1.44. The molecule has 0 aliphatic rings. The Morgan fingerprint density at radius 3 is 2.53 bits per heavy atom. The van der Waals surface area contributed by atoms with Crippen molar-refractivity contribution in [2.75, 3.05) is 0 Å². The number of nitrogens with zero attached hydrogens (tertiary/aromatic N) is 1. The number of aliphatic carboxylic acids is 1. The number of halogens is 2. The molecule has 0 fully saturated rings. The van der Waals surface area contributed by atoms with E-state index in [0.717, 1.165) is 12.1 Å². The minimum atomic E-state index is -3.17. The number of aliphatic hydroxyl groups is 1. The molecule has 1 unspecified atom stereocenters. The van der Waals surface area contributed by atoms with Crippen LogP contribution in [0.25, 0.3) is 0 Å². The van der Waals surface area contributed by atoms with E-state index in [1.165, 1.54) is 6.07 Å². The molecular weight excluding hydrogens is 264 g/mol. The molecule has 2 N–H and O–H groups in total. The van der Waals surface area contributed by atoms with Crippen LogP contribution < -0.4 is 4.74 Å². The Morgan fingerprint density at radius 2 is 2.11 bits per heavy atom. The highest BCUT2D eigenvalue weighted by molar-refractivity contribution is 5.85. The number of hydrogen-bond donors (Lipinski definition) is 2. The lowest BCUT2D eigenvalue weighted by Crippen LogP contribution is -2.15. The maximum atomic E-state index is 12.0. The molecule has 1 atom stereocenters. The van der Waals surface area contributed by atoms with E-state index in [4.69, 9.17) is 10.4 Å². The fourth-order valence-electron chi connectivity index (χ4n) is 1.44. The van der Waals surface area contributed by atoms with Crippen molar-refractivity contribution in [3.8, 4) is 11.8 Å². The zero-order chi connectivity index (χ0) is 14.6. The molecular formula is C11H7F2NO5. The maximum absolute atomic E-state index is 12.0. The molecule has 0 aromatic heterocycles. The summed E-state index contributed by atoms with van der Waals surface area (Å²) < 4.78 is 28.1. The molecule has 0 aliphatic carbocycles. The fraction of sp³-hybridized carbons (Fsp3) is 0.182. The van der Waals surface area contributed by atoms with Gasteiger partial charge < -0.3 is 14.9 Å². The van der Waals surface area contributed by atoms with Gasteiger partial charge in [0.25, 0.3) is 0 Å². The summed E-state index contributed by atoms with van der Waals surface area (Å²) in [6, 6.07) is 3.15. The van der Waals surface area contributed by atoms with Crippen molar-refractivity contribution < 1.29 is 33.3 Å². The van der Waals surface area contributed by atoms with Crippen molar-refractivity contribution >= 4 is 12.3 Å². The third-order valence-electron chi connectivity index (χ3n) is 2.17. The molecule has 8 heteroatoms. The van der Waals surface area contributed by atoms with Gasteiger partial charge in [-0.15, -0.1) is 0 Å². The van der Waals surface area contributed by atoms with Gasteiger partial charge >= 0.3 is 12.6 Å². The first-order valence-corrected chi connectivity index (χ1v) is 4.79. The molecule has 0 saturated carbocycles. The van der Waals surface area contributed by atoms with E-state index in [0.29, 0.717) is 0 Å². The Bertz CT molecular complexity index is 553. The molecule has 1 rings (SSSR count). The van der Waals surface area contributed by atoms with Gasteiger partial charge in [0.15, 0.2) is 12.4 Å². The number of nitriles is 1. The van der Waals surface area contributed by atoms with Crippen molar-refractivity contribution in [2.24, 2.45) is 0 Å². The van der Waals surface area contributed by atoms with E-state index in [-0.39, 0.29) is 6.29 Å². The van der Waals surface area contributed by atoms with Gasteiger partial charge in [-0.05, 0) is 12.1 Å². The van der Waals surface area contributed by atoms with Crippen molar-refractivity contribution in [1.82, 2.24) is 0 Å². The molecule has 19 heavy (non-hydrogen) atoms. The summed E-state index contributed by atoms with van der Waals surface area (Å²) in [5.74, 6) is -2.16. The highest BCUT2D eigenvalue weighted by Gasteiger charge is 2.24. The molecule has 100 valence electrons. The lowest BCUT2D eigenvalue weighted by Gasteiger charge is -2.13. The molecule has 0 bridgehead atoms. The number of hydrogen-bond acceptors (Lipinski definition) is 5. The number of ether oxygens (including phenoxy) is 1. The number of benzene rings is 1. The quantitative estimate of drug-likeness (QED) is 0.776. The van der Waals surface area contributed by atoms with E-state index in [2.05, 4.69) is 4.74 Å². The first kappa shape index (κ1) is 14.5. The first-order chi connectivity index (χ1) is 8.90. The average molecular weight is 271 g/mol. The normalized spacial score (nSPS) is 11.7. The van der Waals surface area contributed by atoms with E-state index in [1.54, 1.807) is 0 Å². The van der Waals surface area contributed by atoms with Crippen LogP contribution in [0.3, 0.4) is 0 Å². The van der Waals surface area contributed by atoms with E-state index >= 15 is 0 Å². The highest BCUT2D eigenvalue weighted by Crippen LogP contribution is 2.27. The third kappa shape index (κ3) is 3.23. The number of rotatable bonds is 5. The monoisotopic (exact) mass is 271 g/mol. The number of carbonyl (C=O) groups excluding carboxylic acids is 1. The predicted molar refractivity (Wildman–Crippen MR) is 55.8 cm³/mol. The Morgan fingerprint density at radius 1 is 1.47 bits per heavy atom. The summed E-state index contributed by atoms with van der Waals surface area (Å²) >= 11 is 0. The van der Waals surface area contributed by atoms with Gasteiger partial charge in [-0.3, -0.25) is 4.79 Å². The number of alkyl halides is 2. The smallest absolute Gasteiger partial charge is 0.387 e. The second kappa shape index (κ2) is 5.88. The van der Waals surface area contributed by atoms with Crippen molar-refractivity contribution in [2.45, 2.75) is 12.7 Å². The molecule has 0 aliphatic heterocycles. The highest BCUT2D eigenvalue weighted by atomic mass is 19.3. The van der Waals surface area contributed by atoms with Gasteiger partial charge in [0.1, 0.15) is 5.75 Å². The van der Waals surface area contributed by atoms with Crippen molar-refractivity contribution in [1.29, 1.82) is 5.26 Å². The predicted octanol–water partition coefficient (Wildman–Crippen LogP) is 1.09. The number of aldehydes is 1. The summed E-state index contributed by atoms with van der Waals surface area (Å²) in [4.78, 5) is 21.5. The largest absolute Gasteiger partial charge is 0.479 e. The summed E-state index contributed by atoms with van der Waals surface area (Å²) in [6.07, 6.45) is -1.98. The lowest BCUT2D eigenvalue weighted by atomic mass is 9.97. The zero-order valence-electron chi connectivity index (χ0n) is 9.21. The number of carbonyl (C=O) groups is 2. The molecule has 0 spiro atoms. The average Bonchev–Trinajstić information content (AvgIpc) is 2.35. The minimum absolute atomic E-state index is 0.140. The third-order valence-corrected chi connectivity index (χ3v) is 2.17. The molecule has 1 aromatic carbocycles. The summed E-state index contributed by atoms with van der Waals surface area (Å²) in [5.41, 5.74) is -1.31. The van der Waals surface area contributed by atoms with Crippen LogP contribution in [0.2, 0.25) is 0 Å². The Hall–Kier alpha value is -2.53. The second-order valence-corrected chi connectivity index (χ2v) is 3.32. The van der Waals surface area contributed by atoms with Crippen LogP contribution >= 0.6 is 0 Å². The van der Waals surface area contributed by atoms with Crippen LogP contribution in [-0.4, -0.2) is 29.1 Å². The van der Waals surface area contributed by atoms with Crippen LogP contribution in [0.4, 0.5) is 8.78 Å². The van der Waals surface area contributed by atoms with Crippen molar-refractivity contribution in [3.05, 3.63) is 28.8 Å². The molecule has 0 heterocycles. The van der Waals surface area contributed by atoms with Gasteiger partial charge in [-0.2, -0.15) is 14.0 Å². The Balaban J connectivity index is 3.43. The summed E-state index contributed by atoms with van der Waals surface area (Å²) in [7, 11) is 0. The van der Waals surface area contributed by atoms with E-state index in [1.807, 2.05) is 0 Å². The standard InChI is InChI=1S/C11H7F2NO5/c12-11(13)19-7-1-5(3-14)8(6(2-7)4-15)9(16)10(17)18/h1-2,4,9,11,16H,(H,17,18). The van der Waals surface area contributed by atoms with Gasteiger partial charge in [0, 0.05) is 11.1 Å².